The third-order valence-electron chi connectivity index (χ3n) is 3.53. The number of rotatable bonds is 5. The lowest BCUT2D eigenvalue weighted by Gasteiger charge is -2.05. The Morgan fingerprint density at radius 2 is 1.90 bits per heavy atom. The second-order valence-electron chi connectivity index (χ2n) is 5.83. The van der Waals surface area contributed by atoms with Crippen LogP contribution in [0.4, 0.5) is 0 Å². The van der Waals surface area contributed by atoms with E-state index in [4.69, 9.17) is 0 Å². The van der Waals surface area contributed by atoms with E-state index in [0.717, 1.165) is 24.6 Å². The highest BCUT2D eigenvalue weighted by Gasteiger charge is 2.04. The molecule has 0 saturated carbocycles. The van der Waals surface area contributed by atoms with Crippen molar-refractivity contribution in [2.75, 3.05) is 6.54 Å². The fourth-order valence-electron chi connectivity index (χ4n) is 2.44. The molecule has 0 aliphatic heterocycles. The fraction of sp³-hybridized carbons (Fsp3) is 0.278. The van der Waals surface area contributed by atoms with Crippen LogP contribution in [-0.4, -0.2) is 16.5 Å². The van der Waals surface area contributed by atoms with Gasteiger partial charge in [0.2, 0.25) is 0 Å². The molecule has 0 amide bonds. The predicted molar refractivity (Wildman–Crippen MR) is 88.1 cm³/mol. The Hall–Kier alpha value is -2.13. The lowest BCUT2D eigenvalue weighted by molar-refractivity contribution is 0.545. The molecule has 0 saturated heterocycles. The van der Waals surface area contributed by atoms with Crippen LogP contribution in [0.5, 0.6) is 0 Å². The van der Waals surface area contributed by atoms with Gasteiger partial charge in [-0.1, -0.05) is 50.2 Å². The van der Waals surface area contributed by atoms with E-state index in [0.29, 0.717) is 5.92 Å². The monoisotopic (exact) mass is 279 g/mol. The highest BCUT2D eigenvalue weighted by atomic mass is 15.0. The summed E-state index contributed by atoms with van der Waals surface area (Å²) in [5.41, 5.74) is 2.25. The zero-order valence-corrected chi connectivity index (χ0v) is 12.6. The van der Waals surface area contributed by atoms with Crippen molar-refractivity contribution < 1.29 is 0 Å². The number of nitrogens with one attached hydrogen (secondary N) is 2. The molecule has 0 atom stereocenters. The highest BCUT2D eigenvalue weighted by molar-refractivity contribution is 5.86. The fourth-order valence-corrected chi connectivity index (χ4v) is 2.44. The first-order valence-electron chi connectivity index (χ1n) is 7.46. The lowest BCUT2D eigenvalue weighted by Crippen LogP contribution is -2.19. The number of hydrogen-bond donors (Lipinski definition) is 2. The summed E-state index contributed by atoms with van der Waals surface area (Å²) in [5.74, 6) is 1.64. The molecule has 1 aromatic heterocycles. The van der Waals surface area contributed by atoms with Crippen molar-refractivity contribution in [1.29, 1.82) is 0 Å². The van der Waals surface area contributed by atoms with Crippen LogP contribution >= 0.6 is 0 Å². The maximum absolute atomic E-state index is 4.45. The van der Waals surface area contributed by atoms with Crippen LogP contribution in [0.1, 0.15) is 19.7 Å². The first-order chi connectivity index (χ1) is 10.2. The molecule has 0 radical (unpaired) electrons. The molecule has 2 N–H and O–H groups in total. The summed E-state index contributed by atoms with van der Waals surface area (Å²) < 4.78 is 0. The van der Waals surface area contributed by atoms with Crippen molar-refractivity contribution in [3.63, 3.8) is 0 Å². The van der Waals surface area contributed by atoms with Gasteiger partial charge >= 0.3 is 0 Å². The predicted octanol–water partition coefficient (Wildman–Crippen LogP) is 3.98. The molecule has 0 unspecified atom stereocenters. The number of fused-ring (bicyclic) bond motifs is 1. The summed E-state index contributed by atoms with van der Waals surface area (Å²) in [4.78, 5) is 7.85. The number of H-pyrrole nitrogens is 1. The van der Waals surface area contributed by atoms with E-state index in [1.165, 1.54) is 16.3 Å². The molecule has 108 valence electrons. The summed E-state index contributed by atoms with van der Waals surface area (Å²) >= 11 is 0. The Kier molecular flexibility index (Phi) is 4.02. The summed E-state index contributed by atoms with van der Waals surface area (Å²) in [7, 11) is 0. The van der Waals surface area contributed by atoms with Gasteiger partial charge in [-0.3, -0.25) is 0 Å². The molecule has 0 bridgehead atoms. The van der Waals surface area contributed by atoms with Crippen LogP contribution in [0.3, 0.4) is 0 Å². The minimum Gasteiger partial charge on any atom is -0.341 e. The van der Waals surface area contributed by atoms with Crippen molar-refractivity contribution in [3.05, 3.63) is 54.5 Å². The maximum atomic E-state index is 4.45. The van der Waals surface area contributed by atoms with E-state index >= 15 is 0 Å². The number of imidazole rings is 1. The Morgan fingerprint density at radius 1 is 1.10 bits per heavy atom. The van der Waals surface area contributed by atoms with Crippen molar-refractivity contribution in [1.82, 2.24) is 15.3 Å². The van der Waals surface area contributed by atoms with Gasteiger partial charge in [0.1, 0.15) is 5.82 Å². The average molecular weight is 279 g/mol. The summed E-state index contributed by atoms with van der Waals surface area (Å²) in [6.07, 6.45) is 1.91. The number of hydrogen-bond acceptors (Lipinski definition) is 2. The second-order valence-corrected chi connectivity index (χ2v) is 5.83. The third-order valence-corrected chi connectivity index (χ3v) is 3.53. The third kappa shape index (κ3) is 3.31. The largest absolute Gasteiger partial charge is 0.341 e. The second kappa shape index (κ2) is 6.10. The van der Waals surface area contributed by atoms with Crippen LogP contribution in [0.15, 0.2) is 48.7 Å². The normalized spacial score (nSPS) is 11.4. The molecule has 3 heteroatoms. The number of nitrogens with zero attached hydrogens (tertiary/aromatic N) is 1. The summed E-state index contributed by atoms with van der Waals surface area (Å²) in [6.45, 7) is 6.20. The van der Waals surface area contributed by atoms with Crippen molar-refractivity contribution >= 4 is 10.8 Å². The minimum atomic E-state index is 0.653. The first kappa shape index (κ1) is 13.8. The number of aromatic amines is 1. The van der Waals surface area contributed by atoms with Gasteiger partial charge in [-0.05, 0) is 29.3 Å². The van der Waals surface area contributed by atoms with Gasteiger partial charge in [-0.15, -0.1) is 0 Å². The van der Waals surface area contributed by atoms with Gasteiger partial charge in [0.05, 0.1) is 18.4 Å². The quantitative estimate of drug-likeness (QED) is 0.741. The van der Waals surface area contributed by atoms with Crippen LogP contribution < -0.4 is 5.32 Å². The molecule has 3 aromatic rings. The Balaban J connectivity index is 1.77. The van der Waals surface area contributed by atoms with E-state index in [-0.39, 0.29) is 0 Å². The first-order valence-corrected chi connectivity index (χ1v) is 7.46. The molecule has 2 aromatic carbocycles. The van der Waals surface area contributed by atoms with Crippen LogP contribution in [0.2, 0.25) is 0 Å². The molecule has 0 aliphatic rings. The van der Waals surface area contributed by atoms with Crippen LogP contribution in [0.25, 0.3) is 22.0 Å². The summed E-state index contributed by atoms with van der Waals surface area (Å²) in [5, 5.41) is 5.92. The van der Waals surface area contributed by atoms with Gasteiger partial charge in [0.25, 0.3) is 0 Å². The smallest absolute Gasteiger partial charge is 0.120 e. The van der Waals surface area contributed by atoms with E-state index in [2.05, 4.69) is 71.6 Å². The number of aromatic nitrogens is 2. The standard InChI is InChI=1S/C18H21N3/c1-13(2)10-19-12-18-20-11-17(21-18)16-8-7-14-5-3-4-6-15(14)9-16/h3-9,11,13,19H,10,12H2,1-2H3,(H,20,21). The molecule has 21 heavy (non-hydrogen) atoms. The van der Waals surface area contributed by atoms with Crippen molar-refractivity contribution in [2.45, 2.75) is 20.4 Å². The topological polar surface area (TPSA) is 40.7 Å². The Labute approximate surface area is 125 Å². The van der Waals surface area contributed by atoms with Crippen molar-refractivity contribution in [3.8, 4) is 11.3 Å². The molecule has 1 heterocycles. The molecule has 0 spiro atoms. The molecule has 3 rings (SSSR count). The molecular weight excluding hydrogens is 258 g/mol. The van der Waals surface area contributed by atoms with E-state index in [1.54, 1.807) is 0 Å². The van der Waals surface area contributed by atoms with Gasteiger partial charge in [-0.25, -0.2) is 4.98 Å². The molecule has 0 aliphatic carbocycles. The van der Waals surface area contributed by atoms with E-state index in [9.17, 15) is 0 Å². The SMILES string of the molecule is CC(C)CNCc1ncc(-c2ccc3ccccc3c2)[nH]1. The van der Waals surface area contributed by atoms with E-state index in [1.807, 2.05) is 6.20 Å². The Bertz CT molecular complexity index is 728. The van der Waals surface area contributed by atoms with Crippen LogP contribution in [-0.2, 0) is 6.54 Å². The lowest BCUT2D eigenvalue weighted by atomic mass is 10.1. The van der Waals surface area contributed by atoms with Crippen molar-refractivity contribution in [2.24, 2.45) is 5.92 Å². The zero-order chi connectivity index (χ0) is 14.7. The van der Waals surface area contributed by atoms with Gasteiger partial charge in [0, 0.05) is 5.56 Å². The average Bonchev–Trinajstić information content (AvgIpc) is 2.95. The highest BCUT2D eigenvalue weighted by Crippen LogP contribution is 2.23. The molecule has 3 nitrogen and oxygen atoms in total. The summed E-state index contributed by atoms with van der Waals surface area (Å²) in [6, 6.07) is 14.9. The van der Waals surface area contributed by atoms with E-state index < -0.39 is 0 Å². The Morgan fingerprint density at radius 3 is 2.71 bits per heavy atom. The van der Waals surface area contributed by atoms with Gasteiger partial charge in [-0.2, -0.15) is 0 Å². The molecular formula is C18H21N3. The maximum Gasteiger partial charge on any atom is 0.120 e. The molecule has 0 fully saturated rings. The number of benzene rings is 2. The zero-order valence-electron chi connectivity index (χ0n) is 12.6. The van der Waals surface area contributed by atoms with Crippen LogP contribution in [0, 0.1) is 5.92 Å². The van der Waals surface area contributed by atoms with Gasteiger partial charge < -0.3 is 10.3 Å². The van der Waals surface area contributed by atoms with Gasteiger partial charge in [0.15, 0.2) is 0 Å². The minimum absolute atomic E-state index is 0.653.